The molecule has 1 atom stereocenters. The quantitative estimate of drug-likeness (QED) is 0.587. The molecule has 0 aliphatic heterocycles. The smallest absolute Gasteiger partial charge is 0.292 e. The van der Waals surface area contributed by atoms with Crippen molar-refractivity contribution in [3.63, 3.8) is 0 Å². The van der Waals surface area contributed by atoms with Gasteiger partial charge in [0.1, 0.15) is 0 Å². The molecule has 3 heteroatoms. The molecule has 0 aliphatic rings. The zero-order valence-corrected chi connectivity index (χ0v) is 9.97. The number of halogens is 1. The lowest BCUT2D eigenvalue weighted by atomic mass is 10.4. The first-order valence-electron chi connectivity index (χ1n) is 4.05. The van der Waals surface area contributed by atoms with Crippen molar-refractivity contribution < 1.29 is 4.43 Å². The van der Waals surface area contributed by atoms with Gasteiger partial charge in [0.2, 0.25) is 0 Å². The molecule has 0 radical (unpaired) electrons. The standard InChI is InChI=1S/C9H13BrOSi/c1-3-11-12(2,10)9-7-5-4-6-8-9/h4-8H,3H2,1-2H3. The summed E-state index contributed by atoms with van der Waals surface area (Å²) in [5, 5.41) is 1.28. The molecule has 1 aromatic rings. The first kappa shape index (κ1) is 9.96. The maximum atomic E-state index is 5.67. The first-order chi connectivity index (χ1) is 5.67. The molecule has 0 aromatic heterocycles. The SMILES string of the molecule is CCO[Si](C)(Br)c1ccccc1. The molecule has 0 fully saturated rings. The summed E-state index contributed by atoms with van der Waals surface area (Å²) in [5.41, 5.74) is 0. The van der Waals surface area contributed by atoms with Gasteiger partial charge in [-0.3, -0.25) is 0 Å². The van der Waals surface area contributed by atoms with Crippen LogP contribution in [0, 0.1) is 0 Å². The number of hydrogen-bond donors (Lipinski definition) is 0. The van der Waals surface area contributed by atoms with Gasteiger partial charge in [-0.2, -0.15) is 0 Å². The lowest BCUT2D eigenvalue weighted by molar-refractivity contribution is 0.350. The number of benzene rings is 1. The topological polar surface area (TPSA) is 9.23 Å². The summed E-state index contributed by atoms with van der Waals surface area (Å²) in [5.74, 6) is 0. The molecule has 1 rings (SSSR count). The minimum atomic E-state index is -1.77. The molecule has 0 spiro atoms. The van der Waals surface area contributed by atoms with E-state index in [4.69, 9.17) is 4.43 Å². The van der Waals surface area contributed by atoms with Gasteiger partial charge in [0.05, 0.1) is 0 Å². The van der Waals surface area contributed by atoms with Crippen LogP contribution < -0.4 is 5.19 Å². The molecular formula is C9H13BrOSi. The Bertz CT molecular complexity index is 236. The van der Waals surface area contributed by atoms with E-state index in [2.05, 4.69) is 34.0 Å². The van der Waals surface area contributed by atoms with Crippen LogP contribution in [0.5, 0.6) is 0 Å². The Morgan fingerprint density at radius 2 is 1.92 bits per heavy atom. The Hall–Kier alpha value is -0.123. The van der Waals surface area contributed by atoms with E-state index in [1.165, 1.54) is 5.19 Å². The maximum absolute atomic E-state index is 5.67. The van der Waals surface area contributed by atoms with Crippen molar-refractivity contribution in [2.24, 2.45) is 0 Å². The lowest BCUT2D eigenvalue weighted by Crippen LogP contribution is -2.41. The van der Waals surface area contributed by atoms with E-state index < -0.39 is 6.94 Å². The van der Waals surface area contributed by atoms with E-state index in [9.17, 15) is 0 Å². The normalized spacial score (nSPS) is 15.6. The zero-order chi connectivity index (χ0) is 9.03. The third-order valence-corrected chi connectivity index (χ3v) is 5.96. The van der Waals surface area contributed by atoms with Crippen LogP contribution in [-0.4, -0.2) is 13.5 Å². The van der Waals surface area contributed by atoms with Gasteiger partial charge in [-0.25, -0.2) is 0 Å². The number of hydrogen-bond acceptors (Lipinski definition) is 1. The molecule has 0 heterocycles. The minimum Gasteiger partial charge on any atom is -0.403 e. The molecule has 0 N–H and O–H groups in total. The van der Waals surface area contributed by atoms with Crippen LogP contribution in [0.3, 0.4) is 0 Å². The summed E-state index contributed by atoms with van der Waals surface area (Å²) >= 11 is 3.67. The van der Waals surface area contributed by atoms with Crippen molar-refractivity contribution in [2.75, 3.05) is 6.61 Å². The monoisotopic (exact) mass is 244 g/mol. The van der Waals surface area contributed by atoms with E-state index in [1.54, 1.807) is 0 Å². The predicted molar refractivity (Wildman–Crippen MR) is 58.2 cm³/mol. The average Bonchev–Trinajstić information content (AvgIpc) is 2.06. The first-order valence-corrected chi connectivity index (χ1v) is 8.71. The highest BCUT2D eigenvalue weighted by molar-refractivity contribution is 9.26. The molecule has 0 saturated heterocycles. The molecule has 1 unspecified atom stereocenters. The molecular weight excluding hydrogens is 232 g/mol. The largest absolute Gasteiger partial charge is 0.403 e. The van der Waals surface area contributed by atoms with Crippen LogP contribution in [0.2, 0.25) is 6.55 Å². The molecule has 0 amide bonds. The fourth-order valence-corrected chi connectivity index (χ4v) is 4.07. The van der Waals surface area contributed by atoms with Crippen LogP contribution in [0.15, 0.2) is 30.3 Å². The van der Waals surface area contributed by atoms with Gasteiger partial charge in [-0.15, -0.1) is 0 Å². The molecule has 1 aromatic carbocycles. The van der Waals surface area contributed by atoms with E-state index >= 15 is 0 Å². The number of rotatable bonds is 3. The van der Waals surface area contributed by atoms with Gasteiger partial charge < -0.3 is 4.43 Å². The summed E-state index contributed by atoms with van der Waals surface area (Å²) in [6, 6.07) is 10.3. The molecule has 0 saturated carbocycles. The van der Waals surface area contributed by atoms with Gasteiger partial charge in [0.15, 0.2) is 0 Å². The van der Waals surface area contributed by atoms with Crippen molar-refractivity contribution in [2.45, 2.75) is 13.5 Å². The Kier molecular flexibility index (Phi) is 3.49. The van der Waals surface area contributed by atoms with Crippen molar-refractivity contribution >= 4 is 27.4 Å². The summed E-state index contributed by atoms with van der Waals surface area (Å²) in [6.45, 7) is 3.17. The highest BCUT2D eigenvalue weighted by atomic mass is 79.9. The fourth-order valence-electron chi connectivity index (χ4n) is 1.09. The molecule has 1 nitrogen and oxygen atoms in total. The molecule has 66 valence electrons. The third kappa shape index (κ3) is 2.44. The molecule has 12 heavy (non-hydrogen) atoms. The summed E-state index contributed by atoms with van der Waals surface area (Å²) in [6.07, 6.45) is 0. The van der Waals surface area contributed by atoms with E-state index in [0.717, 1.165) is 6.61 Å². The van der Waals surface area contributed by atoms with Gasteiger partial charge in [0.25, 0.3) is 6.94 Å². The zero-order valence-electron chi connectivity index (χ0n) is 7.38. The van der Waals surface area contributed by atoms with Crippen molar-refractivity contribution in [1.29, 1.82) is 0 Å². The summed E-state index contributed by atoms with van der Waals surface area (Å²) in [7, 11) is 0. The highest BCUT2D eigenvalue weighted by Gasteiger charge is 2.26. The molecule has 0 bridgehead atoms. The minimum absolute atomic E-state index is 0.767. The van der Waals surface area contributed by atoms with Gasteiger partial charge >= 0.3 is 0 Å². The highest BCUT2D eigenvalue weighted by Crippen LogP contribution is 2.12. The van der Waals surface area contributed by atoms with Crippen LogP contribution in [0.25, 0.3) is 0 Å². The summed E-state index contributed by atoms with van der Waals surface area (Å²) in [4.78, 5) is 0. The second-order valence-corrected chi connectivity index (χ2v) is 9.96. The average molecular weight is 245 g/mol. The Morgan fingerprint density at radius 3 is 2.42 bits per heavy atom. The van der Waals surface area contributed by atoms with Crippen LogP contribution in [0.4, 0.5) is 0 Å². The van der Waals surface area contributed by atoms with Crippen LogP contribution in [0.1, 0.15) is 6.92 Å². The van der Waals surface area contributed by atoms with Crippen LogP contribution in [-0.2, 0) is 4.43 Å². The van der Waals surface area contributed by atoms with E-state index in [-0.39, 0.29) is 0 Å². The van der Waals surface area contributed by atoms with Crippen molar-refractivity contribution in [3.05, 3.63) is 30.3 Å². The second kappa shape index (κ2) is 4.21. The second-order valence-electron chi connectivity index (χ2n) is 2.72. The Morgan fingerprint density at radius 1 is 1.33 bits per heavy atom. The Labute approximate surface area is 82.5 Å². The van der Waals surface area contributed by atoms with Crippen LogP contribution >= 0.6 is 15.3 Å². The van der Waals surface area contributed by atoms with E-state index in [0.29, 0.717) is 0 Å². The lowest BCUT2D eigenvalue weighted by Gasteiger charge is -2.19. The molecule has 0 aliphatic carbocycles. The summed E-state index contributed by atoms with van der Waals surface area (Å²) < 4.78 is 5.67. The maximum Gasteiger partial charge on any atom is 0.292 e. The fraction of sp³-hybridized carbons (Fsp3) is 0.333. The van der Waals surface area contributed by atoms with Crippen molar-refractivity contribution in [3.8, 4) is 0 Å². The van der Waals surface area contributed by atoms with E-state index in [1.807, 2.05) is 25.1 Å². The van der Waals surface area contributed by atoms with Gasteiger partial charge in [0, 0.05) is 6.61 Å². The third-order valence-electron chi connectivity index (χ3n) is 1.70. The predicted octanol–water partition coefficient (Wildman–Crippen LogP) is 2.40. The Balaban J connectivity index is 2.82. The van der Waals surface area contributed by atoms with Gasteiger partial charge in [-0.05, 0) is 18.7 Å². The van der Waals surface area contributed by atoms with Crippen molar-refractivity contribution in [1.82, 2.24) is 0 Å². The van der Waals surface area contributed by atoms with Gasteiger partial charge in [-0.1, -0.05) is 45.6 Å².